The average molecular weight is 302 g/mol. The molecule has 1 aliphatic heterocycles. The summed E-state index contributed by atoms with van der Waals surface area (Å²) >= 11 is 0. The molecule has 21 heavy (non-hydrogen) atoms. The van der Waals surface area contributed by atoms with E-state index in [0.717, 1.165) is 5.56 Å². The first kappa shape index (κ1) is 16.2. The highest BCUT2D eigenvalue weighted by molar-refractivity contribution is 5.17. The minimum Gasteiger partial charge on any atom is -0.326 e. The Balaban J connectivity index is 1.99. The molecule has 0 saturated carbocycles. The van der Waals surface area contributed by atoms with Crippen LogP contribution in [0.4, 0.5) is 13.2 Å². The lowest BCUT2D eigenvalue weighted by atomic mass is 9.99. The molecule has 4 nitrogen and oxygen atoms in total. The van der Waals surface area contributed by atoms with E-state index in [-0.39, 0.29) is 12.1 Å². The van der Waals surface area contributed by atoms with E-state index in [2.05, 4.69) is 9.88 Å². The zero-order chi connectivity index (χ0) is 15.5. The lowest BCUT2D eigenvalue weighted by Crippen LogP contribution is -2.52. The fraction of sp³-hybridized carbons (Fsp3) is 0.643. The molecule has 118 valence electrons. The van der Waals surface area contributed by atoms with Crippen molar-refractivity contribution >= 4 is 0 Å². The van der Waals surface area contributed by atoms with E-state index in [9.17, 15) is 13.2 Å². The minimum atomic E-state index is -4.13. The second-order valence-corrected chi connectivity index (χ2v) is 5.51. The van der Waals surface area contributed by atoms with Gasteiger partial charge in [-0.05, 0) is 24.6 Å². The average Bonchev–Trinajstić information content (AvgIpc) is 2.40. The van der Waals surface area contributed by atoms with Gasteiger partial charge in [0.05, 0.1) is 6.54 Å². The Morgan fingerprint density at radius 3 is 2.24 bits per heavy atom. The minimum absolute atomic E-state index is 0.0148. The van der Waals surface area contributed by atoms with Crippen LogP contribution in [0.3, 0.4) is 0 Å². The van der Waals surface area contributed by atoms with E-state index < -0.39 is 12.7 Å². The van der Waals surface area contributed by atoms with Gasteiger partial charge in [0, 0.05) is 50.7 Å². The molecular formula is C14H21F3N4. The van der Waals surface area contributed by atoms with Gasteiger partial charge in [0.2, 0.25) is 0 Å². The largest absolute Gasteiger partial charge is 0.401 e. The Morgan fingerprint density at radius 2 is 1.76 bits per heavy atom. The van der Waals surface area contributed by atoms with E-state index in [1.165, 1.54) is 4.90 Å². The molecule has 0 amide bonds. The van der Waals surface area contributed by atoms with Crippen molar-refractivity contribution in [3.05, 3.63) is 30.1 Å². The van der Waals surface area contributed by atoms with Crippen molar-refractivity contribution in [2.45, 2.75) is 25.2 Å². The van der Waals surface area contributed by atoms with E-state index in [4.69, 9.17) is 5.73 Å². The van der Waals surface area contributed by atoms with Gasteiger partial charge < -0.3 is 5.73 Å². The third kappa shape index (κ3) is 4.66. The van der Waals surface area contributed by atoms with Crippen molar-refractivity contribution in [2.24, 2.45) is 5.73 Å². The normalized spacial score (nSPS) is 21.2. The van der Waals surface area contributed by atoms with Crippen LogP contribution >= 0.6 is 0 Å². The molecule has 1 aromatic heterocycles. The zero-order valence-corrected chi connectivity index (χ0v) is 12.1. The van der Waals surface area contributed by atoms with E-state index >= 15 is 0 Å². The number of piperazine rings is 1. The van der Waals surface area contributed by atoms with Crippen LogP contribution in [0.5, 0.6) is 0 Å². The summed E-state index contributed by atoms with van der Waals surface area (Å²) in [6.07, 6.45) is -0.705. The zero-order valence-electron chi connectivity index (χ0n) is 12.1. The number of pyridine rings is 1. The Labute approximate surface area is 122 Å². The fourth-order valence-electron chi connectivity index (χ4n) is 2.86. The Kier molecular flexibility index (Phi) is 5.18. The molecule has 2 atom stereocenters. The first-order valence-electron chi connectivity index (χ1n) is 7.05. The van der Waals surface area contributed by atoms with Crippen molar-refractivity contribution in [3.8, 4) is 0 Å². The maximum absolute atomic E-state index is 12.4. The second-order valence-electron chi connectivity index (χ2n) is 5.51. The number of rotatable bonds is 4. The van der Waals surface area contributed by atoms with Crippen LogP contribution in [-0.4, -0.2) is 59.7 Å². The van der Waals surface area contributed by atoms with Crippen LogP contribution in [0, 0.1) is 0 Å². The predicted molar refractivity (Wildman–Crippen MR) is 74.7 cm³/mol. The maximum atomic E-state index is 12.4. The number of alkyl halides is 3. The molecule has 0 radical (unpaired) electrons. The predicted octanol–water partition coefficient (Wildman–Crippen LogP) is 1.65. The third-order valence-electron chi connectivity index (χ3n) is 3.75. The van der Waals surface area contributed by atoms with Crippen molar-refractivity contribution in [1.82, 2.24) is 14.8 Å². The molecular weight excluding hydrogens is 281 g/mol. The van der Waals surface area contributed by atoms with Gasteiger partial charge in [-0.2, -0.15) is 13.2 Å². The van der Waals surface area contributed by atoms with Crippen LogP contribution in [0.25, 0.3) is 0 Å². The van der Waals surface area contributed by atoms with Crippen molar-refractivity contribution in [3.63, 3.8) is 0 Å². The van der Waals surface area contributed by atoms with Crippen molar-refractivity contribution in [1.29, 1.82) is 0 Å². The summed E-state index contributed by atoms with van der Waals surface area (Å²) in [7, 11) is 0. The van der Waals surface area contributed by atoms with Crippen LogP contribution in [-0.2, 0) is 0 Å². The number of halogens is 3. The maximum Gasteiger partial charge on any atom is 0.401 e. The quantitative estimate of drug-likeness (QED) is 0.918. The molecule has 0 spiro atoms. The lowest BCUT2D eigenvalue weighted by molar-refractivity contribution is -0.150. The first-order valence-corrected chi connectivity index (χ1v) is 7.05. The summed E-state index contributed by atoms with van der Waals surface area (Å²) in [5.41, 5.74) is 7.14. The van der Waals surface area contributed by atoms with E-state index in [0.29, 0.717) is 26.2 Å². The summed E-state index contributed by atoms with van der Waals surface area (Å²) in [6.45, 7) is 3.09. The molecule has 0 aromatic carbocycles. The van der Waals surface area contributed by atoms with Crippen molar-refractivity contribution < 1.29 is 13.2 Å². The number of nitrogens with two attached hydrogens (primary N) is 1. The van der Waals surface area contributed by atoms with Gasteiger partial charge in [-0.25, -0.2) is 0 Å². The van der Waals surface area contributed by atoms with E-state index in [1.54, 1.807) is 12.4 Å². The topological polar surface area (TPSA) is 45.4 Å². The Morgan fingerprint density at radius 1 is 1.19 bits per heavy atom. The van der Waals surface area contributed by atoms with Gasteiger partial charge >= 0.3 is 6.18 Å². The summed E-state index contributed by atoms with van der Waals surface area (Å²) < 4.78 is 37.2. The van der Waals surface area contributed by atoms with Crippen LogP contribution < -0.4 is 5.73 Å². The highest BCUT2D eigenvalue weighted by Gasteiger charge is 2.34. The van der Waals surface area contributed by atoms with Gasteiger partial charge in [-0.1, -0.05) is 0 Å². The van der Waals surface area contributed by atoms with Gasteiger partial charge in [-0.15, -0.1) is 0 Å². The Hall–Kier alpha value is -1.18. The van der Waals surface area contributed by atoms with Gasteiger partial charge in [0.25, 0.3) is 0 Å². The summed E-state index contributed by atoms with van der Waals surface area (Å²) in [6, 6.07) is 3.74. The Bertz CT molecular complexity index is 428. The van der Waals surface area contributed by atoms with Gasteiger partial charge in [-0.3, -0.25) is 14.8 Å². The highest BCUT2D eigenvalue weighted by atomic mass is 19.4. The molecule has 0 aliphatic carbocycles. The van der Waals surface area contributed by atoms with Crippen LogP contribution in [0.2, 0.25) is 0 Å². The fourth-order valence-corrected chi connectivity index (χ4v) is 2.86. The van der Waals surface area contributed by atoms with Gasteiger partial charge in [0.15, 0.2) is 0 Å². The first-order chi connectivity index (χ1) is 9.87. The molecule has 0 bridgehead atoms. The molecule has 7 heteroatoms. The SMILES string of the molecule is CC(N)C(c1ccncc1)N1CCN(CC(F)(F)F)CC1. The van der Waals surface area contributed by atoms with Crippen LogP contribution in [0.15, 0.2) is 24.5 Å². The molecule has 2 heterocycles. The lowest BCUT2D eigenvalue weighted by Gasteiger charge is -2.41. The molecule has 2 N–H and O–H groups in total. The molecule has 1 aliphatic rings. The molecule has 1 fully saturated rings. The summed E-state index contributed by atoms with van der Waals surface area (Å²) in [5, 5.41) is 0. The molecule has 1 saturated heterocycles. The van der Waals surface area contributed by atoms with Gasteiger partial charge in [0.1, 0.15) is 0 Å². The number of aromatic nitrogens is 1. The standard InChI is InChI=1S/C14H21F3N4/c1-11(18)13(12-2-4-19-5-3-12)21-8-6-20(7-9-21)10-14(15,16)17/h2-5,11,13H,6-10,18H2,1H3. The molecule has 2 unspecified atom stereocenters. The van der Waals surface area contributed by atoms with Crippen LogP contribution in [0.1, 0.15) is 18.5 Å². The second kappa shape index (κ2) is 6.72. The third-order valence-corrected chi connectivity index (χ3v) is 3.75. The summed E-state index contributed by atoms with van der Waals surface area (Å²) in [5.74, 6) is 0. The smallest absolute Gasteiger partial charge is 0.326 e. The number of hydrogen-bond donors (Lipinski definition) is 1. The van der Waals surface area contributed by atoms with E-state index in [1.807, 2.05) is 19.1 Å². The summed E-state index contributed by atoms with van der Waals surface area (Å²) in [4.78, 5) is 7.60. The highest BCUT2D eigenvalue weighted by Crippen LogP contribution is 2.25. The monoisotopic (exact) mass is 302 g/mol. The number of hydrogen-bond acceptors (Lipinski definition) is 4. The number of nitrogens with zero attached hydrogens (tertiary/aromatic N) is 3. The molecule has 1 aromatic rings. The van der Waals surface area contributed by atoms with Crippen molar-refractivity contribution in [2.75, 3.05) is 32.7 Å². The molecule has 2 rings (SSSR count).